The lowest BCUT2D eigenvalue weighted by Crippen LogP contribution is -2.32. The molecule has 3 N–H and O–H groups in total. The molecule has 0 radical (unpaired) electrons. The van der Waals surface area contributed by atoms with Crippen LogP contribution in [0.1, 0.15) is 39.5 Å². The maximum Gasteiger partial charge on any atom is 0.490 e. The van der Waals surface area contributed by atoms with Crippen molar-refractivity contribution in [1.82, 2.24) is 14.7 Å². The van der Waals surface area contributed by atoms with Crippen LogP contribution >= 0.6 is 11.6 Å². The molecule has 2 aromatic carbocycles. The molecule has 0 unspecified atom stereocenters. The average molecular weight is 630 g/mol. The highest BCUT2D eigenvalue weighted by Crippen LogP contribution is 2.30. The van der Waals surface area contributed by atoms with E-state index in [0.717, 1.165) is 62.0 Å². The lowest BCUT2D eigenvalue weighted by molar-refractivity contribution is -0.192. The third-order valence-corrected chi connectivity index (χ3v) is 9.02. The minimum Gasteiger partial charge on any atom is -0.475 e. The Kier molecular flexibility index (Phi) is 11.8. The van der Waals surface area contributed by atoms with Gasteiger partial charge in [0.2, 0.25) is 16.0 Å². The van der Waals surface area contributed by atoms with Gasteiger partial charge in [-0.05, 0) is 75.6 Å². The number of carboxylic acids is 1. The molecule has 4 rings (SSSR count). The van der Waals surface area contributed by atoms with E-state index in [4.69, 9.17) is 31.5 Å². The van der Waals surface area contributed by atoms with Crippen LogP contribution < -0.4 is 14.9 Å². The number of carbonyl (C=O) groups is 1. The zero-order valence-electron chi connectivity index (χ0n) is 23.4. The summed E-state index contributed by atoms with van der Waals surface area (Å²) in [5.41, 5.74) is 0.946. The zero-order chi connectivity index (χ0) is 30.9. The van der Waals surface area contributed by atoms with E-state index in [1.165, 1.54) is 6.07 Å². The molecule has 0 spiro atoms. The fourth-order valence-corrected chi connectivity index (χ4v) is 6.38. The Labute approximate surface area is 248 Å². The second-order valence-electron chi connectivity index (χ2n) is 9.91. The third kappa shape index (κ3) is 9.17. The summed E-state index contributed by atoms with van der Waals surface area (Å²) in [6.07, 6.45) is -1.02. The Morgan fingerprint density at radius 1 is 0.976 bits per heavy atom. The highest BCUT2D eigenvalue weighted by molar-refractivity contribution is 7.89. The van der Waals surface area contributed by atoms with Crippen molar-refractivity contribution in [3.05, 3.63) is 53.6 Å². The number of hydrogen-bond donors (Lipinski definition) is 3. The normalized spacial score (nSPS) is 17.3. The van der Waals surface area contributed by atoms with Crippen LogP contribution in [0.25, 0.3) is 10.9 Å². The first-order chi connectivity index (χ1) is 19.9. The topological polar surface area (TPSA) is 125 Å². The third-order valence-electron chi connectivity index (χ3n) is 7.09. The Morgan fingerprint density at radius 2 is 1.52 bits per heavy atom. The van der Waals surface area contributed by atoms with E-state index >= 15 is 0 Å². The number of anilines is 2. The van der Waals surface area contributed by atoms with Gasteiger partial charge in [-0.25, -0.2) is 22.9 Å². The highest BCUT2D eigenvalue weighted by Gasteiger charge is 2.38. The minimum atomic E-state index is -5.08. The Balaban J connectivity index is 0.000000616. The minimum absolute atomic E-state index is 0.138. The van der Waals surface area contributed by atoms with Gasteiger partial charge in [0, 0.05) is 31.6 Å². The SMILES string of the molecule is CCN(CC)c1nc(NCC2CCC(CNS(=O)(=O)c3ccccc3Cl)CC2)nc2ccccc12.O=C(O)C(F)(F)F. The standard InChI is InChI=1S/C26H34ClN5O2S.C2HF3O2/c1-3-32(4-2)25-21-9-5-7-11-23(21)30-26(31-25)28-17-19-13-15-20(16-14-19)18-29-35(33,34)24-12-8-6-10-22(24)27;3-2(4,5)1(6)7/h5-12,19-20,29H,3-4,13-18H2,1-2H3,(H,28,30,31);(H,6,7). The molecular formula is C28H35ClF3N5O4S. The van der Waals surface area contributed by atoms with Crippen molar-refractivity contribution in [3.63, 3.8) is 0 Å². The molecule has 3 aromatic rings. The Hall–Kier alpha value is -3.16. The van der Waals surface area contributed by atoms with E-state index in [9.17, 15) is 21.6 Å². The molecule has 1 fully saturated rings. The van der Waals surface area contributed by atoms with Gasteiger partial charge in [-0.3, -0.25) is 0 Å². The number of halogens is 4. The number of aromatic nitrogens is 2. The van der Waals surface area contributed by atoms with Crippen molar-refractivity contribution >= 4 is 50.3 Å². The number of sulfonamides is 1. The van der Waals surface area contributed by atoms with Crippen LogP contribution in [0.15, 0.2) is 53.4 Å². The molecular weight excluding hydrogens is 595 g/mol. The largest absolute Gasteiger partial charge is 0.490 e. The monoisotopic (exact) mass is 629 g/mol. The van der Waals surface area contributed by atoms with E-state index in [1.807, 2.05) is 18.2 Å². The summed E-state index contributed by atoms with van der Waals surface area (Å²) in [7, 11) is -3.60. The first-order valence-corrected chi connectivity index (χ1v) is 15.5. The molecule has 0 amide bonds. The lowest BCUT2D eigenvalue weighted by atomic mass is 9.82. The summed E-state index contributed by atoms with van der Waals surface area (Å²) in [4.78, 5) is 20.9. The van der Waals surface area contributed by atoms with E-state index in [1.54, 1.807) is 18.2 Å². The number of alkyl halides is 3. The first-order valence-electron chi connectivity index (χ1n) is 13.7. The molecule has 42 heavy (non-hydrogen) atoms. The maximum atomic E-state index is 12.6. The molecule has 1 aromatic heterocycles. The van der Waals surface area contributed by atoms with Crippen LogP contribution in [0.2, 0.25) is 5.02 Å². The van der Waals surface area contributed by atoms with Crippen LogP contribution in [-0.2, 0) is 14.8 Å². The number of carboxylic acid groups (broad SMARTS) is 1. The quantitative estimate of drug-likeness (QED) is 0.251. The number of nitrogens with zero attached hydrogens (tertiary/aromatic N) is 3. The molecule has 9 nitrogen and oxygen atoms in total. The van der Waals surface area contributed by atoms with Crippen LogP contribution in [0.3, 0.4) is 0 Å². The van der Waals surface area contributed by atoms with Gasteiger partial charge in [0.1, 0.15) is 10.7 Å². The Bertz CT molecular complexity index is 1450. The first kappa shape index (κ1) is 33.3. The summed E-state index contributed by atoms with van der Waals surface area (Å²) < 4.78 is 59.7. The second-order valence-corrected chi connectivity index (χ2v) is 12.1. The fourth-order valence-electron chi connectivity index (χ4n) is 4.75. The van der Waals surface area contributed by atoms with Crippen molar-refractivity contribution in [2.75, 3.05) is 36.4 Å². The van der Waals surface area contributed by atoms with Crippen LogP contribution in [0, 0.1) is 11.8 Å². The molecule has 230 valence electrons. The van der Waals surface area contributed by atoms with E-state index in [-0.39, 0.29) is 9.92 Å². The summed E-state index contributed by atoms with van der Waals surface area (Å²) >= 11 is 6.07. The maximum absolute atomic E-state index is 12.6. The molecule has 0 aliphatic heterocycles. The van der Waals surface area contributed by atoms with Gasteiger partial charge in [0.15, 0.2) is 0 Å². The zero-order valence-corrected chi connectivity index (χ0v) is 24.9. The van der Waals surface area contributed by atoms with Crippen LogP contribution in [-0.4, -0.2) is 61.8 Å². The Morgan fingerprint density at radius 3 is 2.10 bits per heavy atom. The molecule has 1 heterocycles. The van der Waals surface area contributed by atoms with Gasteiger partial charge in [-0.1, -0.05) is 35.9 Å². The smallest absolute Gasteiger partial charge is 0.475 e. The van der Waals surface area contributed by atoms with E-state index in [0.29, 0.717) is 24.3 Å². The van der Waals surface area contributed by atoms with Crippen molar-refractivity contribution in [2.45, 2.75) is 50.6 Å². The predicted molar refractivity (Wildman–Crippen MR) is 157 cm³/mol. The molecule has 0 bridgehead atoms. The number of rotatable bonds is 10. The summed E-state index contributed by atoms with van der Waals surface area (Å²) in [6, 6.07) is 14.7. The summed E-state index contributed by atoms with van der Waals surface area (Å²) in [5, 5.41) is 11.9. The number of para-hydroxylation sites is 1. The van der Waals surface area contributed by atoms with Gasteiger partial charge in [-0.15, -0.1) is 0 Å². The van der Waals surface area contributed by atoms with Crippen molar-refractivity contribution in [3.8, 4) is 0 Å². The van der Waals surface area contributed by atoms with Crippen molar-refractivity contribution in [1.29, 1.82) is 0 Å². The average Bonchev–Trinajstić information content (AvgIpc) is 2.96. The van der Waals surface area contributed by atoms with Gasteiger partial charge in [0.05, 0.1) is 10.5 Å². The van der Waals surface area contributed by atoms with Gasteiger partial charge >= 0.3 is 12.1 Å². The van der Waals surface area contributed by atoms with Gasteiger partial charge in [-0.2, -0.15) is 18.2 Å². The van der Waals surface area contributed by atoms with Gasteiger partial charge < -0.3 is 15.3 Å². The number of fused-ring (bicyclic) bond motifs is 1. The number of benzene rings is 2. The van der Waals surface area contributed by atoms with Crippen LogP contribution in [0.5, 0.6) is 0 Å². The van der Waals surface area contributed by atoms with E-state index < -0.39 is 22.2 Å². The molecule has 1 saturated carbocycles. The molecule has 1 aliphatic rings. The van der Waals surface area contributed by atoms with Crippen LogP contribution in [0.4, 0.5) is 24.9 Å². The highest BCUT2D eigenvalue weighted by atomic mass is 35.5. The summed E-state index contributed by atoms with van der Waals surface area (Å²) in [5.74, 6) is -0.279. The molecule has 1 aliphatic carbocycles. The fraction of sp³-hybridized carbons (Fsp3) is 0.464. The number of nitrogens with one attached hydrogen (secondary N) is 2. The number of hydrogen-bond acceptors (Lipinski definition) is 7. The molecule has 0 atom stereocenters. The molecule has 14 heteroatoms. The predicted octanol–water partition coefficient (Wildman–Crippen LogP) is 5.96. The second kappa shape index (κ2) is 14.8. The van der Waals surface area contributed by atoms with Crippen molar-refractivity contribution < 1.29 is 31.5 Å². The lowest BCUT2D eigenvalue weighted by Gasteiger charge is -2.29. The summed E-state index contributed by atoms with van der Waals surface area (Å²) in [6.45, 7) is 7.31. The molecule has 0 saturated heterocycles. The van der Waals surface area contributed by atoms with Gasteiger partial charge in [0.25, 0.3) is 0 Å². The number of aliphatic carboxylic acids is 1. The van der Waals surface area contributed by atoms with Crippen molar-refractivity contribution in [2.24, 2.45) is 11.8 Å². The van der Waals surface area contributed by atoms with E-state index in [2.05, 4.69) is 34.9 Å².